The van der Waals surface area contributed by atoms with Gasteiger partial charge in [-0.3, -0.25) is 28.5 Å². The Balaban J connectivity index is 0.992. The van der Waals surface area contributed by atoms with Crippen LogP contribution in [0.1, 0.15) is 90.5 Å². The molecule has 1 aromatic heterocycles. The summed E-state index contributed by atoms with van der Waals surface area (Å²) in [6.07, 6.45) is -4.42. The van der Waals surface area contributed by atoms with Crippen molar-refractivity contribution >= 4 is 70.9 Å². The van der Waals surface area contributed by atoms with Crippen LogP contribution in [0.15, 0.2) is 156 Å². The number of phosphoric ester groups is 1. The third kappa shape index (κ3) is 22.0. The molecule has 0 saturated carbocycles. The smallest absolute Gasteiger partial charge is 0.493 e. The van der Waals surface area contributed by atoms with Gasteiger partial charge in [0.05, 0.1) is 13.2 Å². The molecule has 8 rings (SSSR count). The standard InChI is InChI=1S/C69H85N10O17P/c1-43(2)39-52(65(85)92-40-45-21-10-7-11-22-45)76-63(84)51(28-18-36-72-66(71)78-96-97(88,89)93-41-55-60(81)61(82)64(94-55)79-37-33-56(70)77-67(79)86)75-62(83)50(27-16-17-35-73-68(87)95-69(3,4)5)74-57(80)42-91-54-32-30-47-24-13-15-26-49(47)59(54)58-48-25-14-12-23-46(48)29-31-53(58)90-38-34-44-19-8-6-9-20-44/h6-15,19-26,29-33,37,43,50-52,55,60-61,64,81-82H,16-18,27-28,34-36,38-42H2,1-5H3,(H,73,87)(H,74,80)(H,75,83)(H,76,84)(H,88,89)(H2,70,77,86)(H3,71,72,78)/t50?,51?,52?,55-,60-,61-,64-/m1/s1. The molecule has 12 N–H and O–H groups in total. The molecular formula is C69H85N10O17P. The summed E-state index contributed by atoms with van der Waals surface area (Å²) >= 11 is 0. The van der Waals surface area contributed by atoms with E-state index in [1.807, 2.05) is 122 Å². The van der Waals surface area contributed by atoms with E-state index in [0.29, 0.717) is 42.1 Å². The number of guanidine groups is 1. The van der Waals surface area contributed by atoms with E-state index in [0.717, 1.165) is 37.2 Å². The van der Waals surface area contributed by atoms with Crippen molar-refractivity contribution in [3.05, 3.63) is 167 Å². The molecule has 4 amide bonds. The maximum Gasteiger partial charge on any atom is 0.493 e. The van der Waals surface area contributed by atoms with Crippen LogP contribution in [0.2, 0.25) is 0 Å². The second-order valence-electron chi connectivity index (χ2n) is 24.5. The fourth-order valence-electron chi connectivity index (χ4n) is 10.7. The molecule has 28 heteroatoms. The van der Waals surface area contributed by atoms with E-state index in [2.05, 4.69) is 31.2 Å². The number of carbonyl (C=O) groups is 5. The Bertz CT molecular complexity index is 3950. The summed E-state index contributed by atoms with van der Waals surface area (Å²) in [5, 5.41) is 35.9. The normalized spacial score (nSPS) is 17.1. The number of aliphatic hydroxyl groups excluding tert-OH is 2. The van der Waals surface area contributed by atoms with Gasteiger partial charge in [-0.25, -0.2) is 24.4 Å². The number of amides is 4. The van der Waals surface area contributed by atoms with E-state index in [4.69, 9.17) is 44.3 Å². The number of unbranched alkanes of at least 4 members (excludes halogenated alkanes) is 1. The number of aliphatic hydroxyl groups is 2. The molecule has 0 spiro atoms. The number of aromatic nitrogens is 2. The second kappa shape index (κ2) is 35.0. The average Bonchev–Trinajstić information content (AvgIpc) is 1.25. The Morgan fingerprint density at radius 3 is 1.95 bits per heavy atom. The minimum Gasteiger partial charge on any atom is -0.493 e. The molecule has 1 fully saturated rings. The predicted octanol–water partition coefficient (Wildman–Crippen LogP) is 6.79. The molecule has 518 valence electrons. The van der Waals surface area contributed by atoms with Gasteiger partial charge in [-0.05, 0) is 116 Å². The maximum atomic E-state index is 14.8. The Hall–Kier alpha value is -9.47. The van der Waals surface area contributed by atoms with Crippen molar-refractivity contribution in [3.63, 3.8) is 0 Å². The number of hydroxylamine groups is 1. The van der Waals surface area contributed by atoms with Crippen LogP contribution in [-0.2, 0) is 60.1 Å². The van der Waals surface area contributed by atoms with Crippen LogP contribution in [-0.4, -0.2) is 135 Å². The van der Waals surface area contributed by atoms with Crippen LogP contribution in [0.4, 0.5) is 10.6 Å². The highest BCUT2D eigenvalue weighted by molar-refractivity contribution is 7.47. The lowest BCUT2D eigenvalue weighted by Gasteiger charge is -2.26. The number of phosphoric acid groups is 1. The van der Waals surface area contributed by atoms with Crippen molar-refractivity contribution in [1.29, 1.82) is 0 Å². The molecule has 0 bridgehead atoms. The average molecular weight is 1360 g/mol. The van der Waals surface area contributed by atoms with Crippen molar-refractivity contribution in [2.24, 2.45) is 16.6 Å². The van der Waals surface area contributed by atoms with Gasteiger partial charge in [-0.15, -0.1) is 0 Å². The third-order valence-electron chi connectivity index (χ3n) is 15.3. The summed E-state index contributed by atoms with van der Waals surface area (Å²) in [6, 6.07) is 39.6. The first kappa shape index (κ1) is 73.3. The number of fused-ring (bicyclic) bond motifs is 2. The lowest BCUT2D eigenvalue weighted by Crippen LogP contribution is -2.56. The first-order chi connectivity index (χ1) is 46.4. The number of rotatable bonds is 33. The molecule has 0 aliphatic carbocycles. The van der Waals surface area contributed by atoms with Gasteiger partial charge in [0.1, 0.15) is 66.0 Å². The minimum absolute atomic E-state index is 0.000119. The first-order valence-electron chi connectivity index (χ1n) is 31.9. The summed E-state index contributed by atoms with van der Waals surface area (Å²) < 4.78 is 53.3. The molecule has 8 atom stereocenters. The van der Waals surface area contributed by atoms with Crippen LogP contribution >= 0.6 is 7.82 Å². The third-order valence-corrected chi connectivity index (χ3v) is 16.1. The van der Waals surface area contributed by atoms with Crippen molar-refractivity contribution in [2.75, 3.05) is 38.6 Å². The highest BCUT2D eigenvalue weighted by Gasteiger charge is 2.45. The quantitative estimate of drug-likeness (QED) is 0.00505. The monoisotopic (exact) mass is 1360 g/mol. The van der Waals surface area contributed by atoms with E-state index in [9.17, 15) is 48.4 Å². The molecule has 0 radical (unpaired) electrons. The fourth-order valence-corrected chi connectivity index (χ4v) is 11.3. The number of nitrogens with two attached hydrogens (primary N) is 2. The van der Waals surface area contributed by atoms with Crippen molar-refractivity contribution in [3.8, 4) is 22.6 Å². The number of anilines is 1. The molecule has 4 unspecified atom stereocenters. The molecule has 6 aromatic carbocycles. The molecule has 1 aliphatic heterocycles. The van der Waals surface area contributed by atoms with Gasteiger partial charge in [0, 0.05) is 36.8 Å². The minimum atomic E-state index is -5.05. The number of hydrogen-bond donors (Lipinski definition) is 10. The Kier molecular flexibility index (Phi) is 26.4. The lowest BCUT2D eigenvalue weighted by molar-refractivity contribution is -0.150. The fraction of sp³-hybridized carbons (Fsp3) is 0.391. The first-order valence-corrected chi connectivity index (χ1v) is 33.4. The van der Waals surface area contributed by atoms with Crippen LogP contribution in [0, 0.1) is 5.92 Å². The van der Waals surface area contributed by atoms with Gasteiger partial charge in [-0.2, -0.15) is 9.61 Å². The highest BCUT2D eigenvalue weighted by atomic mass is 31.2. The second-order valence-corrected chi connectivity index (χ2v) is 25.9. The highest BCUT2D eigenvalue weighted by Crippen LogP contribution is 2.46. The summed E-state index contributed by atoms with van der Waals surface area (Å²) in [7, 11) is -5.05. The number of nitrogen functional groups attached to an aromatic ring is 1. The van der Waals surface area contributed by atoms with Crippen LogP contribution in [0.25, 0.3) is 32.7 Å². The predicted molar refractivity (Wildman–Crippen MR) is 362 cm³/mol. The van der Waals surface area contributed by atoms with E-state index in [-0.39, 0.29) is 63.5 Å². The number of aliphatic imine (C=N–C) groups is 1. The molecule has 7 aromatic rings. The van der Waals surface area contributed by atoms with E-state index >= 15 is 0 Å². The number of nitrogens with one attached hydrogen (secondary N) is 5. The zero-order valence-corrected chi connectivity index (χ0v) is 55.6. The Morgan fingerprint density at radius 2 is 1.32 bits per heavy atom. The van der Waals surface area contributed by atoms with Crippen LogP contribution in [0.5, 0.6) is 11.5 Å². The van der Waals surface area contributed by atoms with Gasteiger partial charge in [0.2, 0.25) is 17.8 Å². The number of benzene rings is 6. The maximum absolute atomic E-state index is 14.8. The Labute approximate surface area is 561 Å². The summed E-state index contributed by atoms with van der Waals surface area (Å²) in [6.45, 7) is 7.78. The summed E-state index contributed by atoms with van der Waals surface area (Å²) in [5.74, 6) is -2.78. The van der Waals surface area contributed by atoms with Gasteiger partial charge >= 0.3 is 25.6 Å². The van der Waals surface area contributed by atoms with E-state index in [1.54, 1.807) is 51.1 Å². The van der Waals surface area contributed by atoms with Crippen LogP contribution in [0.3, 0.4) is 0 Å². The van der Waals surface area contributed by atoms with Crippen molar-refractivity contribution in [2.45, 2.75) is 134 Å². The molecule has 1 aliphatic rings. The summed E-state index contributed by atoms with van der Waals surface area (Å²) in [4.78, 5) is 101. The molecule has 1 saturated heterocycles. The molecular weight excluding hydrogens is 1270 g/mol. The van der Waals surface area contributed by atoms with Crippen molar-refractivity contribution in [1.82, 2.24) is 36.3 Å². The van der Waals surface area contributed by atoms with Gasteiger partial charge < -0.3 is 71.5 Å². The number of ether oxygens (including phenoxy) is 5. The zero-order chi connectivity index (χ0) is 69.7. The SMILES string of the molecule is CC(C)CC(NC(=O)C(CCCN=C(N)NOP(=O)(O)OC[C@H]1O[C@@H](n2ccc(N)nc2=O)[C@H](O)[C@@H]1O)NC(=O)C(CCCCNC(=O)OC(C)(C)C)NC(=O)COc1ccc2ccccc2c1-c1c(OCCc2ccccc2)ccc2ccccc12)C(=O)OCc1ccccc1. The number of carbonyl (C=O) groups excluding carboxylic acids is 5. The number of esters is 1. The number of alkyl carbamates (subject to hydrolysis) is 1. The molecule has 97 heavy (non-hydrogen) atoms. The van der Waals surface area contributed by atoms with E-state index < -0.39 is 111 Å². The van der Waals surface area contributed by atoms with Gasteiger partial charge in [0.15, 0.2) is 12.8 Å². The topological polar surface area (TPSA) is 387 Å². The number of hydrogen-bond acceptors (Lipinski definition) is 19. The largest absolute Gasteiger partial charge is 0.493 e. The number of nitrogens with zero attached hydrogens (tertiary/aromatic N) is 3. The van der Waals surface area contributed by atoms with E-state index in [1.165, 1.54) is 12.3 Å². The van der Waals surface area contributed by atoms with Gasteiger partial charge in [-0.1, -0.05) is 135 Å². The Morgan fingerprint density at radius 1 is 0.732 bits per heavy atom. The molecule has 2 heterocycles. The van der Waals surface area contributed by atoms with Crippen LogP contribution < -0.4 is 53.4 Å². The van der Waals surface area contributed by atoms with Crippen molar-refractivity contribution < 1.29 is 76.5 Å². The zero-order valence-electron chi connectivity index (χ0n) is 54.7. The van der Waals surface area contributed by atoms with Gasteiger partial charge in [0.25, 0.3) is 5.91 Å². The molecule has 27 nitrogen and oxygen atoms in total. The lowest BCUT2D eigenvalue weighted by atomic mass is 9.92. The summed E-state index contributed by atoms with van der Waals surface area (Å²) in [5.41, 5.74) is 15.2.